The van der Waals surface area contributed by atoms with Gasteiger partial charge in [-0.05, 0) is 25.5 Å². The molecule has 0 aliphatic rings. The molecule has 1 aromatic carbocycles. The minimum atomic E-state index is -0.828. The first-order valence-corrected chi connectivity index (χ1v) is 9.31. The van der Waals surface area contributed by atoms with E-state index < -0.39 is 12.1 Å². The van der Waals surface area contributed by atoms with Gasteiger partial charge in [0.15, 0.2) is 11.7 Å². The molecule has 8 heteroatoms. The van der Waals surface area contributed by atoms with Crippen molar-refractivity contribution in [3.8, 4) is 0 Å². The summed E-state index contributed by atoms with van der Waals surface area (Å²) in [6.45, 7) is 4.06. The van der Waals surface area contributed by atoms with Crippen LogP contribution in [0.2, 0.25) is 0 Å². The van der Waals surface area contributed by atoms with Gasteiger partial charge in [0, 0.05) is 11.9 Å². The highest BCUT2D eigenvalue weighted by Gasteiger charge is 2.19. The lowest BCUT2D eigenvalue weighted by atomic mass is 10.2. The van der Waals surface area contributed by atoms with Crippen LogP contribution < -0.4 is 5.32 Å². The number of rotatable bonds is 7. The Hall–Kier alpha value is -2.61. The van der Waals surface area contributed by atoms with Crippen molar-refractivity contribution < 1.29 is 18.7 Å². The van der Waals surface area contributed by atoms with Crippen molar-refractivity contribution in [3.05, 3.63) is 30.6 Å². The van der Waals surface area contributed by atoms with Gasteiger partial charge in [0.05, 0.1) is 5.75 Å². The summed E-state index contributed by atoms with van der Waals surface area (Å²) in [5.74, 6) is -0.766. The SMILES string of the molecule is CCCNC(=O)[C@@H](C)OC(=O)CSc1ncnc2c1oc1ccccc12. The number of benzene rings is 1. The number of ether oxygens (including phenoxy) is 1. The molecule has 2 aromatic heterocycles. The number of hydrogen-bond acceptors (Lipinski definition) is 7. The molecule has 26 heavy (non-hydrogen) atoms. The number of fused-ring (bicyclic) bond motifs is 3. The number of furan rings is 1. The molecule has 0 aliphatic heterocycles. The van der Waals surface area contributed by atoms with Crippen LogP contribution in [-0.2, 0) is 14.3 Å². The van der Waals surface area contributed by atoms with E-state index in [1.54, 1.807) is 6.92 Å². The van der Waals surface area contributed by atoms with E-state index in [0.29, 0.717) is 28.3 Å². The molecule has 1 amide bonds. The van der Waals surface area contributed by atoms with Crippen LogP contribution in [-0.4, -0.2) is 40.2 Å². The fraction of sp³-hybridized carbons (Fsp3) is 0.333. The second-order valence-electron chi connectivity index (χ2n) is 5.67. The number of esters is 1. The molecule has 0 spiro atoms. The van der Waals surface area contributed by atoms with Crippen LogP contribution in [0, 0.1) is 0 Å². The van der Waals surface area contributed by atoms with Crippen LogP contribution >= 0.6 is 11.8 Å². The second kappa shape index (κ2) is 8.18. The van der Waals surface area contributed by atoms with E-state index in [1.807, 2.05) is 31.2 Å². The summed E-state index contributed by atoms with van der Waals surface area (Å²) in [5, 5.41) is 4.15. The Morgan fingerprint density at radius 2 is 2.12 bits per heavy atom. The van der Waals surface area contributed by atoms with Crippen molar-refractivity contribution >= 4 is 45.7 Å². The molecule has 0 saturated carbocycles. The van der Waals surface area contributed by atoms with Crippen molar-refractivity contribution in [2.75, 3.05) is 12.3 Å². The molecule has 2 heterocycles. The predicted molar refractivity (Wildman–Crippen MR) is 98.9 cm³/mol. The van der Waals surface area contributed by atoms with E-state index in [2.05, 4.69) is 15.3 Å². The summed E-state index contributed by atoms with van der Waals surface area (Å²) in [7, 11) is 0. The Labute approximate surface area is 154 Å². The highest BCUT2D eigenvalue weighted by Crippen LogP contribution is 2.32. The molecule has 0 fully saturated rings. The average Bonchev–Trinajstić information content (AvgIpc) is 3.03. The zero-order valence-electron chi connectivity index (χ0n) is 14.5. The maximum Gasteiger partial charge on any atom is 0.317 e. The highest BCUT2D eigenvalue weighted by atomic mass is 32.2. The first-order valence-electron chi connectivity index (χ1n) is 8.32. The Morgan fingerprint density at radius 3 is 2.92 bits per heavy atom. The molecule has 1 atom stereocenters. The molecule has 7 nitrogen and oxygen atoms in total. The first-order chi connectivity index (χ1) is 12.6. The Morgan fingerprint density at radius 1 is 1.31 bits per heavy atom. The average molecular weight is 373 g/mol. The number of nitrogens with zero attached hydrogens (tertiary/aromatic N) is 2. The lowest BCUT2D eigenvalue weighted by Crippen LogP contribution is -2.36. The fourth-order valence-corrected chi connectivity index (χ4v) is 3.12. The number of nitrogens with one attached hydrogen (secondary N) is 1. The fourth-order valence-electron chi connectivity index (χ4n) is 2.41. The zero-order valence-corrected chi connectivity index (χ0v) is 15.3. The van der Waals surface area contributed by atoms with Crippen molar-refractivity contribution in [1.29, 1.82) is 0 Å². The largest absolute Gasteiger partial charge is 0.452 e. The summed E-state index contributed by atoms with van der Waals surface area (Å²) >= 11 is 1.19. The Bertz CT molecular complexity index is 940. The van der Waals surface area contributed by atoms with Gasteiger partial charge in [-0.2, -0.15) is 0 Å². The van der Waals surface area contributed by atoms with E-state index in [0.717, 1.165) is 11.8 Å². The molecule has 3 aromatic rings. The van der Waals surface area contributed by atoms with Gasteiger partial charge in [0.1, 0.15) is 22.5 Å². The first kappa shape index (κ1) is 18.2. The summed E-state index contributed by atoms with van der Waals surface area (Å²) in [4.78, 5) is 32.2. The molecule has 3 rings (SSSR count). The molecule has 0 radical (unpaired) electrons. The van der Waals surface area contributed by atoms with Gasteiger partial charge in [0.25, 0.3) is 5.91 Å². The number of hydrogen-bond donors (Lipinski definition) is 1. The number of aromatic nitrogens is 2. The maximum atomic E-state index is 12.0. The second-order valence-corrected chi connectivity index (χ2v) is 6.63. The minimum Gasteiger partial charge on any atom is -0.452 e. The smallest absolute Gasteiger partial charge is 0.317 e. The van der Waals surface area contributed by atoms with Crippen molar-refractivity contribution in [2.45, 2.75) is 31.4 Å². The maximum absolute atomic E-state index is 12.0. The Kier molecular flexibility index (Phi) is 5.72. The lowest BCUT2D eigenvalue weighted by Gasteiger charge is -2.12. The predicted octanol–water partition coefficient (Wildman–Crippen LogP) is 2.93. The Balaban J connectivity index is 1.66. The van der Waals surface area contributed by atoms with Crippen molar-refractivity contribution in [2.24, 2.45) is 0 Å². The van der Waals surface area contributed by atoms with E-state index in [-0.39, 0.29) is 11.7 Å². The van der Waals surface area contributed by atoms with Gasteiger partial charge in [-0.1, -0.05) is 30.8 Å². The summed E-state index contributed by atoms with van der Waals surface area (Å²) in [5.41, 5.74) is 1.97. The van der Waals surface area contributed by atoms with Gasteiger partial charge >= 0.3 is 5.97 Å². The van der Waals surface area contributed by atoms with Crippen LogP contribution in [0.25, 0.3) is 22.1 Å². The van der Waals surface area contributed by atoms with Gasteiger partial charge in [-0.3, -0.25) is 9.59 Å². The molecule has 0 saturated heterocycles. The van der Waals surface area contributed by atoms with Crippen molar-refractivity contribution in [1.82, 2.24) is 15.3 Å². The van der Waals surface area contributed by atoms with Gasteiger partial charge in [-0.15, -0.1) is 0 Å². The van der Waals surface area contributed by atoms with E-state index >= 15 is 0 Å². The highest BCUT2D eigenvalue weighted by molar-refractivity contribution is 8.00. The van der Waals surface area contributed by atoms with Crippen LogP contribution in [0.15, 0.2) is 40.0 Å². The normalized spacial score (nSPS) is 12.2. The summed E-state index contributed by atoms with van der Waals surface area (Å²) in [6, 6.07) is 7.58. The number of carbonyl (C=O) groups is 2. The number of carbonyl (C=O) groups excluding carboxylic acids is 2. The van der Waals surface area contributed by atoms with Crippen LogP contribution in [0.3, 0.4) is 0 Å². The molecule has 136 valence electrons. The quantitative estimate of drug-likeness (QED) is 0.386. The molecular formula is C18H19N3O4S. The van der Waals surface area contributed by atoms with E-state index in [9.17, 15) is 9.59 Å². The van der Waals surface area contributed by atoms with E-state index in [1.165, 1.54) is 18.1 Å². The third kappa shape index (κ3) is 3.96. The monoisotopic (exact) mass is 373 g/mol. The number of thioether (sulfide) groups is 1. The number of amides is 1. The van der Waals surface area contributed by atoms with Gasteiger partial charge in [-0.25, -0.2) is 9.97 Å². The molecule has 0 aliphatic carbocycles. The summed E-state index contributed by atoms with van der Waals surface area (Å²) < 4.78 is 11.0. The van der Waals surface area contributed by atoms with Crippen LogP contribution in [0.5, 0.6) is 0 Å². The number of para-hydroxylation sites is 1. The van der Waals surface area contributed by atoms with Gasteiger partial charge in [0.2, 0.25) is 0 Å². The lowest BCUT2D eigenvalue weighted by molar-refractivity contribution is -0.152. The van der Waals surface area contributed by atoms with Gasteiger partial charge < -0.3 is 14.5 Å². The van der Waals surface area contributed by atoms with E-state index in [4.69, 9.17) is 9.15 Å². The molecule has 1 N–H and O–H groups in total. The third-order valence-corrected chi connectivity index (χ3v) is 4.62. The molecule has 0 bridgehead atoms. The topological polar surface area (TPSA) is 94.3 Å². The molecule has 0 unspecified atom stereocenters. The standard InChI is InChI=1S/C18H19N3O4S/c1-3-8-19-17(23)11(2)24-14(22)9-26-18-16-15(20-10-21-18)12-6-4-5-7-13(12)25-16/h4-7,10-11H,3,8-9H2,1-2H3,(H,19,23)/t11-/m1/s1. The molecular weight excluding hydrogens is 354 g/mol. The third-order valence-electron chi connectivity index (χ3n) is 3.68. The van der Waals surface area contributed by atoms with Crippen LogP contribution in [0.1, 0.15) is 20.3 Å². The van der Waals surface area contributed by atoms with Crippen molar-refractivity contribution in [3.63, 3.8) is 0 Å². The minimum absolute atomic E-state index is 0.0224. The summed E-state index contributed by atoms with van der Waals surface area (Å²) in [6.07, 6.45) is 1.44. The van der Waals surface area contributed by atoms with Crippen LogP contribution in [0.4, 0.5) is 0 Å². The zero-order chi connectivity index (χ0) is 18.5.